The molecule has 0 atom stereocenters. The fourth-order valence-electron chi connectivity index (χ4n) is 4.14. The summed E-state index contributed by atoms with van der Waals surface area (Å²) in [6.07, 6.45) is 4.45. The van der Waals surface area contributed by atoms with Crippen LogP contribution < -0.4 is 4.74 Å². The summed E-state index contributed by atoms with van der Waals surface area (Å²) in [5.41, 5.74) is 6.03. The number of allylic oxidation sites excluding steroid dienone is 1. The number of hydrogen-bond acceptors (Lipinski definition) is 1. The van der Waals surface area contributed by atoms with Gasteiger partial charge in [0.05, 0.1) is 12.1 Å². The molecule has 0 saturated carbocycles. The highest BCUT2D eigenvalue weighted by Gasteiger charge is 2.41. The van der Waals surface area contributed by atoms with E-state index in [2.05, 4.69) is 71.0 Å². The molecule has 0 aromatic heterocycles. The Balaban J connectivity index is 2.25. The molecule has 0 bridgehead atoms. The lowest BCUT2D eigenvalue weighted by atomic mass is 9.62. The largest absolute Gasteiger partial charge is 0.496 e. The smallest absolute Gasteiger partial charge is 0.123 e. The van der Waals surface area contributed by atoms with Crippen molar-refractivity contribution in [1.29, 1.82) is 0 Å². The quantitative estimate of drug-likeness (QED) is 0.518. The Morgan fingerprint density at radius 1 is 1.00 bits per heavy atom. The second kappa shape index (κ2) is 6.78. The first-order chi connectivity index (χ1) is 12.2. The Kier molecular flexibility index (Phi) is 4.96. The predicted molar refractivity (Wildman–Crippen MR) is 113 cm³/mol. The molecule has 26 heavy (non-hydrogen) atoms. The Bertz CT molecular complexity index is 844. The van der Waals surface area contributed by atoms with Crippen molar-refractivity contribution in [3.63, 3.8) is 0 Å². The minimum atomic E-state index is 0.0399. The Labute approximate surface area is 163 Å². The van der Waals surface area contributed by atoms with Gasteiger partial charge < -0.3 is 4.74 Å². The molecule has 1 nitrogen and oxygen atoms in total. The lowest BCUT2D eigenvalue weighted by molar-refractivity contribution is 0.312. The first-order valence-corrected chi connectivity index (χ1v) is 9.70. The van der Waals surface area contributed by atoms with Crippen molar-refractivity contribution in [2.75, 3.05) is 7.11 Å². The number of ether oxygens (including phenoxy) is 1. The third-order valence-corrected chi connectivity index (χ3v) is 6.18. The van der Waals surface area contributed by atoms with Crippen molar-refractivity contribution >= 4 is 23.3 Å². The molecule has 3 rings (SSSR count). The molecular formula is C24H29ClO. The molecule has 1 aliphatic rings. The van der Waals surface area contributed by atoms with Gasteiger partial charge in [-0.1, -0.05) is 75.7 Å². The first-order valence-electron chi connectivity index (χ1n) is 9.32. The number of fused-ring (bicyclic) bond motifs is 1. The van der Waals surface area contributed by atoms with Gasteiger partial charge in [-0.3, -0.25) is 0 Å². The van der Waals surface area contributed by atoms with Crippen LogP contribution in [0.3, 0.4) is 0 Å². The molecule has 0 amide bonds. The molecule has 0 radical (unpaired) electrons. The molecule has 0 fully saturated rings. The van der Waals surface area contributed by atoms with Crippen molar-refractivity contribution in [2.24, 2.45) is 0 Å². The van der Waals surface area contributed by atoms with Crippen LogP contribution in [0, 0.1) is 0 Å². The summed E-state index contributed by atoms with van der Waals surface area (Å²) < 4.78 is 5.85. The SMILES string of the molecule is COc1cc(/C(C)=C/c2ccccc2)c(Cl)c2c1C(C)(C)CCC2(C)C. The zero-order valence-corrected chi connectivity index (χ0v) is 17.5. The van der Waals surface area contributed by atoms with Crippen LogP contribution in [-0.4, -0.2) is 7.11 Å². The van der Waals surface area contributed by atoms with Gasteiger partial charge in [-0.2, -0.15) is 0 Å². The average Bonchev–Trinajstić information content (AvgIpc) is 2.59. The molecule has 0 heterocycles. The second-order valence-corrected chi connectivity index (χ2v) is 9.07. The van der Waals surface area contributed by atoms with Crippen molar-refractivity contribution in [3.8, 4) is 5.75 Å². The summed E-state index contributed by atoms with van der Waals surface area (Å²) in [5, 5.41) is 0.878. The molecule has 0 aliphatic heterocycles. The maximum absolute atomic E-state index is 7.03. The van der Waals surface area contributed by atoms with E-state index < -0.39 is 0 Å². The standard InChI is InChI=1S/C24H29ClO/c1-16(14-17-10-8-7-9-11-17)18-15-19(26-6)20-21(22(18)25)24(4,5)13-12-23(20,2)3/h7-11,14-15H,12-13H2,1-6H3/b16-14+. The third-order valence-electron chi connectivity index (χ3n) is 5.78. The number of methoxy groups -OCH3 is 1. The van der Waals surface area contributed by atoms with Crippen molar-refractivity contribution in [2.45, 2.75) is 58.3 Å². The Morgan fingerprint density at radius 2 is 1.58 bits per heavy atom. The van der Waals surface area contributed by atoms with Crippen LogP contribution in [0.5, 0.6) is 5.75 Å². The lowest BCUT2D eigenvalue weighted by Crippen LogP contribution is -2.35. The van der Waals surface area contributed by atoms with Gasteiger partial charge >= 0.3 is 0 Å². The van der Waals surface area contributed by atoms with Crippen LogP contribution >= 0.6 is 11.6 Å². The third kappa shape index (κ3) is 3.30. The highest BCUT2D eigenvalue weighted by Crippen LogP contribution is 2.53. The zero-order valence-electron chi connectivity index (χ0n) is 16.7. The fraction of sp³-hybridized carbons (Fsp3) is 0.417. The van der Waals surface area contributed by atoms with E-state index in [1.54, 1.807) is 7.11 Å². The maximum atomic E-state index is 7.03. The van der Waals surface area contributed by atoms with E-state index in [1.165, 1.54) is 16.7 Å². The number of halogens is 1. The van der Waals surface area contributed by atoms with Gasteiger partial charge in [0.1, 0.15) is 5.75 Å². The lowest BCUT2D eigenvalue weighted by Gasteiger charge is -2.43. The van der Waals surface area contributed by atoms with Crippen LogP contribution in [0.15, 0.2) is 36.4 Å². The minimum absolute atomic E-state index is 0.0399. The highest BCUT2D eigenvalue weighted by atomic mass is 35.5. The van der Waals surface area contributed by atoms with Crippen molar-refractivity contribution in [1.82, 2.24) is 0 Å². The summed E-state index contributed by atoms with van der Waals surface area (Å²) in [6, 6.07) is 12.5. The van der Waals surface area contributed by atoms with Crippen molar-refractivity contribution < 1.29 is 4.74 Å². The van der Waals surface area contributed by atoms with Crippen molar-refractivity contribution in [3.05, 3.63) is 63.7 Å². The Hall–Kier alpha value is -1.73. The summed E-state index contributed by atoms with van der Waals surface area (Å²) in [6.45, 7) is 11.3. The van der Waals surface area contributed by atoms with Crippen LogP contribution in [0.4, 0.5) is 0 Å². The predicted octanol–water partition coefficient (Wildman–Crippen LogP) is 7.26. The molecule has 138 valence electrons. The van der Waals surface area contributed by atoms with Crippen LogP contribution in [0.2, 0.25) is 5.02 Å². The monoisotopic (exact) mass is 368 g/mol. The minimum Gasteiger partial charge on any atom is -0.496 e. The summed E-state index contributed by atoms with van der Waals surface area (Å²) in [7, 11) is 1.77. The average molecular weight is 369 g/mol. The molecular weight excluding hydrogens is 340 g/mol. The Morgan fingerprint density at radius 3 is 2.15 bits per heavy atom. The number of benzene rings is 2. The van der Waals surface area contributed by atoms with E-state index in [0.717, 1.165) is 34.8 Å². The first kappa shape index (κ1) is 19.0. The number of hydrogen-bond donors (Lipinski definition) is 0. The topological polar surface area (TPSA) is 9.23 Å². The molecule has 0 spiro atoms. The van der Waals surface area contributed by atoms with Gasteiger partial charge in [-0.15, -0.1) is 0 Å². The highest BCUT2D eigenvalue weighted by molar-refractivity contribution is 6.33. The molecule has 0 unspecified atom stereocenters. The van der Waals surface area contributed by atoms with E-state index in [9.17, 15) is 0 Å². The molecule has 2 aromatic carbocycles. The normalized spacial score (nSPS) is 18.3. The van der Waals surface area contributed by atoms with Gasteiger partial charge in [0.2, 0.25) is 0 Å². The van der Waals surface area contributed by atoms with E-state index in [4.69, 9.17) is 16.3 Å². The molecule has 2 aromatic rings. The maximum Gasteiger partial charge on any atom is 0.123 e. The van der Waals surface area contributed by atoms with E-state index >= 15 is 0 Å². The molecule has 0 N–H and O–H groups in total. The van der Waals surface area contributed by atoms with Gasteiger partial charge in [-0.05, 0) is 58.9 Å². The van der Waals surface area contributed by atoms with E-state index in [-0.39, 0.29) is 10.8 Å². The molecule has 1 aliphatic carbocycles. The van der Waals surface area contributed by atoms with Gasteiger partial charge in [-0.25, -0.2) is 0 Å². The molecule has 0 saturated heterocycles. The van der Waals surface area contributed by atoms with E-state index in [0.29, 0.717) is 0 Å². The van der Waals surface area contributed by atoms with Crippen LogP contribution in [0.1, 0.15) is 69.7 Å². The summed E-state index contributed by atoms with van der Waals surface area (Å²) in [4.78, 5) is 0. The zero-order chi connectivity index (χ0) is 19.1. The summed E-state index contributed by atoms with van der Waals surface area (Å²) >= 11 is 7.03. The molecule has 2 heteroatoms. The number of rotatable bonds is 3. The fourth-order valence-corrected chi connectivity index (χ4v) is 4.70. The summed E-state index contributed by atoms with van der Waals surface area (Å²) in [5.74, 6) is 0.956. The van der Waals surface area contributed by atoms with Gasteiger partial charge in [0, 0.05) is 5.56 Å². The van der Waals surface area contributed by atoms with Crippen LogP contribution in [0.25, 0.3) is 11.6 Å². The van der Waals surface area contributed by atoms with E-state index in [1.807, 2.05) is 6.07 Å². The second-order valence-electron chi connectivity index (χ2n) is 8.70. The van der Waals surface area contributed by atoms with Gasteiger partial charge in [0.25, 0.3) is 0 Å². The van der Waals surface area contributed by atoms with Gasteiger partial charge in [0.15, 0.2) is 0 Å². The van der Waals surface area contributed by atoms with Crippen LogP contribution in [-0.2, 0) is 10.8 Å².